The van der Waals surface area contributed by atoms with Gasteiger partial charge in [0.05, 0.1) is 12.0 Å². The van der Waals surface area contributed by atoms with E-state index in [4.69, 9.17) is 4.74 Å². The molecular weight excluding hydrogens is 394 g/mol. The maximum Gasteiger partial charge on any atom is 0.263 e. The summed E-state index contributed by atoms with van der Waals surface area (Å²) in [5.41, 5.74) is 1.08. The zero-order valence-electron chi connectivity index (χ0n) is 15.3. The summed E-state index contributed by atoms with van der Waals surface area (Å²) >= 11 is 0. The molecule has 0 saturated carbocycles. The largest absolute Gasteiger partial charge is 0.478 e. The summed E-state index contributed by atoms with van der Waals surface area (Å²) in [4.78, 5) is 23.7. The van der Waals surface area contributed by atoms with E-state index >= 15 is 0 Å². The Bertz CT molecular complexity index is 1120. The fourth-order valence-electron chi connectivity index (χ4n) is 2.28. The maximum absolute atomic E-state index is 12.5. The van der Waals surface area contributed by atoms with E-state index in [0.717, 1.165) is 0 Å². The lowest BCUT2D eigenvalue weighted by molar-refractivity contribution is 0.104. The molecule has 0 bridgehead atoms. The van der Waals surface area contributed by atoms with Gasteiger partial charge < -0.3 is 10.1 Å². The van der Waals surface area contributed by atoms with Crippen LogP contribution in [0.5, 0.6) is 5.88 Å². The Morgan fingerprint density at radius 3 is 2.52 bits per heavy atom. The van der Waals surface area contributed by atoms with Gasteiger partial charge in [0, 0.05) is 48.3 Å². The van der Waals surface area contributed by atoms with Crippen LogP contribution in [0.4, 0.5) is 11.5 Å². The Morgan fingerprint density at radius 1 is 1.07 bits per heavy atom. The molecule has 0 spiro atoms. The van der Waals surface area contributed by atoms with Crippen LogP contribution in [0, 0.1) is 0 Å². The smallest absolute Gasteiger partial charge is 0.263 e. The number of aromatic nitrogens is 3. The molecule has 2 N–H and O–H groups in total. The highest BCUT2D eigenvalue weighted by molar-refractivity contribution is 7.92. The molecule has 1 aromatic carbocycles. The van der Waals surface area contributed by atoms with Crippen LogP contribution in [0.15, 0.2) is 78.4 Å². The first-order valence-electron chi connectivity index (χ1n) is 8.35. The van der Waals surface area contributed by atoms with Crippen LogP contribution in [0.3, 0.4) is 0 Å². The number of hydrogen-bond acceptors (Lipinski definition) is 8. The summed E-state index contributed by atoms with van der Waals surface area (Å²) in [6.45, 7) is 0. The third-order valence-corrected chi connectivity index (χ3v) is 5.04. The number of ketones is 1. The highest BCUT2D eigenvalue weighted by Gasteiger charge is 2.17. The predicted molar refractivity (Wildman–Crippen MR) is 107 cm³/mol. The van der Waals surface area contributed by atoms with E-state index in [1.807, 2.05) is 0 Å². The van der Waals surface area contributed by atoms with Crippen molar-refractivity contribution >= 4 is 27.3 Å². The summed E-state index contributed by atoms with van der Waals surface area (Å²) in [6, 6.07) is 9.33. The number of carbonyl (C=O) groups excluding carboxylic acids is 1. The van der Waals surface area contributed by atoms with Gasteiger partial charge in [0.15, 0.2) is 5.78 Å². The number of nitrogens with one attached hydrogen (secondary N) is 2. The van der Waals surface area contributed by atoms with Gasteiger partial charge in [-0.3, -0.25) is 14.5 Å². The summed E-state index contributed by atoms with van der Waals surface area (Å²) in [6.07, 6.45) is 8.65. The average molecular weight is 411 g/mol. The summed E-state index contributed by atoms with van der Waals surface area (Å²) in [5, 5.41) is 2.91. The Labute approximate surface area is 167 Å². The lowest BCUT2D eigenvalue weighted by atomic mass is 10.2. The lowest BCUT2D eigenvalue weighted by Crippen LogP contribution is -2.15. The third kappa shape index (κ3) is 5.14. The van der Waals surface area contributed by atoms with Crippen LogP contribution >= 0.6 is 0 Å². The second-order valence-corrected chi connectivity index (χ2v) is 7.31. The fourth-order valence-corrected chi connectivity index (χ4v) is 3.29. The topological polar surface area (TPSA) is 123 Å². The van der Waals surface area contributed by atoms with Gasteiger partial charge >= 0.3 is 0 Å². The lowest BCUT2D eigenvalue weighted by Gasteiger charge is -2.10. The monoisotopic (exact) mass is 411 g/mol. The number of benzene rings is 1. The number of rotatable bonds is 8. The number of hydrogen-bond donors (Lipinski definition) is 2. The second kappa shape index (κ2) is 8.93. The minimum absolute atomic E-state index is 0.00551. The molecule has 2 heterocycles. The molecular formula is C19H17N5O4S. The molecule has 0 aliphatic heterocycles. The summed E-state index contributed by atoms with van der Waals surface area (Å²) in [5.74, 6) is -0.140. The van der Waals surface area contributed by atoms with Crippen molar-refractivity contribution in [2.24, 2.45) is 0 Å². The Balaban J connectivity index is 1.66. The third-order valence-electron chi connectivity index (χ3n) is 3.68. The van der Waals surface area contributed by atoms with E-state index < -0.39 is 10.0 Å². The number of methoxy groups -OCH3 is 1. The molecule has 148 valence electrons. The minimum Gasteiger partial charge on any atom is -0.478 e. The second-order valence-electron chi connectivity index (χ2n) is 5.63. The number of sulfonamides is 1. The fraction of sp³-hybridized carbons (Fsp3) is 0.0526. The number of nitrogens with zero attached hydrogens (tertiary/aromatic N) is 3. The normalized spacial score (nSPS) is 11.2. The van der Waals surface area contributed by atoms with E-state index in [1.165, 1.54) is 50.1 Å². The molecule has 3 rings (SSSR count). The Morgan fingerprint density at radius 2 is 1.83 bits per heavy atom. The quantitative estimate of drug-likeness (QED) is 0.428. The highest BCUT2D eigenvalue weighted by atomic mass is 32.2. The van der Waals surface area contributed by atoms with Crippen LogP contribution in [0.25, 0.3) is 0 Å². The van der Waals surface area contributed by atoms with Gasteiger partial charge in [-0.1, -0.05) is 0 Å². The van der Waals surface area contributed by atoms with Gasteiger partial charge in [0.2, 0.25) is 5.82 Å². The molecule has 0 atom stereocenters. The van der Waals surface area contributed by atoms with Gasteiger partial charge in [0.1, 0.15) is 0 Å². The van der Waals surface area contributed by atoms with Gasteiger partial charge in [0.25, 0.3) is 15.9 Å². The first kappa shape index (κ1) is 20.0. The maximum atomic E-state index is 12.5. The van der Waals surface area contributed by atoms with Crippen molar-refractivity contribution in [2.75, 3.05) is 17.1 Å². The van der Waals surface area contributed by atoms with Crippen molar-refractivity contribution in [3.05, 3.63) is 79.0 Å². The number of carbonyl (C=O) groups is 1. The summed E-state index contributed by atoms with van der Waals surface area (Å²) < 4.78 is 32.4. The molecule has 10 heteroatoms. The molecule has 0 unspecified atom stereocenters. The number of ether oxygens (including phenoxy) is 1. The van der Waals surface area contributed by atoms with Gasteiger partial charge in [-0.05, 0) is 36.4 Å². The van der Waals surface area contributed by atoms with Crippen molar-refractivity contribution < 1.29 is 17.9 Å². The predicted octanol–water partition coefficient (Wildman–Crippen LogP) is 2.49. The zero-order chi connectivity index (χ0) is 20.7. The Kier molecular flexibility index (Phi) is 6.15. The highest BCUT2D eigenvalue weighted by Crippen LogP contribution is 2.22. The number of allylic oxidation sites excluding steroid dienone is 1. The molecule has 9 nitrogen and oxygen atoms in total. The molecule has 0 saturated heterocycles. The standard InChI is InChI=1S/C19H17N5O4S/c1-28-19-18(22-11-12-23-19)24-29(26,27)16-6-4-15(5-7-16)21-10-8-17(25)14-3-2-9-20-13-14/h2-13,21H,1H3,(H,22,24)/b10-8+. The minimum atomic E-state index is -3.87. The molecule has 0 aliphatic rings. The van der Waals surface area contributed by atoms with Gasteiger partial charge in [-0.25, -0.2) is 18.4 Å². The van der Waals surface area contributed by atoms with E-state index in [2.05, 4.69) is 25.0 Å². The van der Waals surface area contributed by atoms with Crippen LogP contribution in [-0.2, 0) is 10.0 Å². The summed E-state index contributed by atoms with van der Waals surface area (Å²) in [7, 11) is -2.50. The average Bonchev–Trinajstić information content (AvgIpc) is 2.75. The van der Waals surface area contributed by atoms with Crippen LogP contribution < -0.4 is 14.8 Å². The van der Waals surface area contributed by atoms with Crippen molar-refractivity contribution in [3.63, 3.8) is 0 Å². The van der Waals surface area contributed by atoms with Gasteiger partial charge in [-0.2, -0.15) is 0 Å². The van der Waals surface area contributed by atoms with E-state index in [-0.39, 0.29) is 22.4 Å². The first-order chi connectivity index (χ1) is 14.0. The molecule has 0 aliphatic carbocycles. The molecule has 0 fully saturated rings. The van der Waals surface area contributed by atoms with Crippen molar-refractivity contribution in [3.8, 4) is 5.88 Å². The zero-order valence-corrected chi connectivity index (χ0v) is 16.1. The molecule has 0 amide bonds. The number of pyridine rings is 1. The Hall–Kier alpha value is -3.79. The van der Waals surface area contributed by atoms with E-state index in [1.54, 1.807) is 30.5 Å². The van der Waals surface area contributed by atoms with Crippen LogP contribution in [0.1, 0.15) is 10.4 Å². The van der Waals surface area contributed by atoms with Crippen molar-refractivity contribution in [2.45, 2.75) is 4.90 Å². The molecule has 3 aromatic rings. The van der Waals surface area contributed by atoms with Crippen LogP contribution in [0.2, 0.25) is 0 Å². The van der Waals surface area contributed by atoms with Crippen molar-refractivity contribution in [1.82, 2.24) is 15.0 Å². The van der Waals surface area contributed by atoms with E-state index in [9.17, 15) is 13.2 Å². The first-order valence-corrected chi connectivity index (χ1v) is 9.83. The van der Waals surface area contributed by atoms with Crippen molar-refractivity contribution in [1.29, 1.82) is 0 Å². The molecule has 2 aromatic heterocycles. The van der Waals surface area contributed by atoms with Crippen LogP contribution in [-0.4, -0.2) is 36.3 Å². The van der Waals surface area contributed by atoms with E-state index in [0.29, 0.717) is 11.3 Å². The SMILES string of the molecule is COc1nccnc1NS(=O)(=O)c1ccc(N/C=C/C(=O)c2cccnc2)cc1. The number of anilines is 2. The molecule has 29 heavy (non-hydrogen) atoms. The van der Waals surface area contributed by atoms with Gasteiger partial charge in [-0.15, -0.1) is 0 Å². The molecule has 0 radical (unpaired) electrons.